The lowest BCUT2D eigenvalue weighted by Crippen LogP contribution is -2.46. The van der Waals surface area contributed by atoms with Gasteiger partial charge < -0.3 is 15.1 Å². The molecule has 0 aromatic rings. The van der Waals surface area contributed by atoms with Crippen LogP contribution >= 0.6 is 0 Å². The minimum atomic E-state index is 0.546. The highest BCUT2D eigenvalue weighted by Gasteiger charge is 2.35. The maximum Gasteiger partial charge on any atom is 0.0109 e. The first kappa shape index (κ1) is 15.3. The lowest BCUT2D eigenvalue weighted by molar-refractivity contribution is 0.0902. The molecule has 1 aliphatic carbocycles. The van der Waals surface area contributed by atoms with Crippen molar-refractivity contribution in [3.05, 3.63) is 0 Å². The van der Waals surface area contributed by atoms with Crippen LogP contribution in [0.25, 0.3) is 0 Å². The van der Waals surface area contributed by atoms with Crippen LogP contribution in [0.2, 0.25) is 0 Å². The summed E-state index contributed by atoms with van der Waals surface area (Å²) in [6.07, 6.45) is 7.02. The summed E-state index contributed by atoms with van der Waals surface area (Å²) in [6, 6.07) is 0. The molecule has 19 heavy (non-hydrogen) atoms. The fraction of sp³-hybridized carbons (Fsp3) is 1.00. The number of rotatable bonds is 4. The average Bonchev–Trinajstić information content (AvgIpc) is 2.59. The third kappa shape index (κ3) is 4.44. The number of likely N-dealkylation sites (N-methyl/N-ethyl adjacent to an activating group) is 1. The predicted octanol–water partition coefficient (Wildman–Crippen LogP) is 2.04. The Hall–Kier alpha value is -0.120. The average molecular weight is 267 g/mol. The fourth-order valence-electron chi connectivity index (χ4n) is 3.87. The highest BCUT2D eigenvalue weighted by Crippen LogP contribution is 2.39. The molecule has 0 spiro atoms. The van der Waals surface area contributed by atoms with Gasteiger partial charge in [-0.2, -0.15) is 0 Å². The molecular formula is C16H33N3. The van der Waals surface area contributed by atoms with Gasteiger partial charge in [0.1, 0.15) is 0 Å². The van der Waals surface area contributed by atoms with Gasteiger partial charge in [0.2, 0.25) is 0 Å². The minimum absolute atomic E-state index is 0.546. The van der Waals surface area contributed by atoms with E-state index in [0.29, 0.717) is 5.41 Å². The monoisotopic (exact) mass is 267 g/mol. The van der Waals surface area contributed by atoms with E-state index in [2.05, 4.69) is 36.1 Å². The van der Waals surface area contributed by atoms with Crippen molar-refractivity contribution < 1.29 is 0 Å². The smallest absolute Gasteiger partial charge is 0.0109 e. The van der Waals surface area contributed by atoms with Crippen molar-refractivity contribution in [1.82, 2.24) is 15.1 Å². The van der Waals surface area contributed by atoms with E-state index >= 15 is 0 Å². The zero-order valence-corrected chi connectivity index (χ0v) is 13.2. The third-order valence-electron chi connectivity index (χ3n) is 5.26. The quantitative estimate of drug-likeness (QED) is 0.841. The second-order valence-electron chi connectivity index (χ2n) is 7.15. The molecule has 112 valence electrons. The molecule has 0 aromatic carbocycles. The van der Waals surface area contributed by atoms with Crippen LogP contribution in [0, 0.1) is 11.3 Å². The Balaban J connectivity index is 1.92. The minimum Gasteiger partial charge on any atom is -0.319 e. The molecular weight excluding hydrogens is 234 g/mol. The van der Waals surface area contributed by atoms with Gasteiger partial charge in [-0.05, 0) is 57.8 Å². The maximum atomic E-state index is 3.47. The summed E-state index contributed by atoms with van der Waals surface area (Å²) in [6.45, 7) is 10.0. The van der Waals surface area contributed by atoms with Crippen molar-refractivity contribution in [2.45, 2.75) is 39.0 Å². The van der Waals surface area contributed by atoms with Gasteiger partial charge in [0, 0.05) is 26.2 Å². The summed E-state index contributed by atoms with van der Waals surface area (Å²) >= 11 is 0. The number of hydrogen-bond acceptors (Lipinski definition) is 3. The Labute approximate surface area is 119 Å². The van der Waals surface area contributed by atoms with Crippen molar-refractivity contribution in [3.63, 3.8) is 0 Å². The molecule has 1 aliphatic heterocycles. The molecule has 0 aromatic heterocycles. The van der Waals surface area contributed by atoms with Gasteiger partial charge >= 0.3 is 0 Å². The van der Waals surface area contributed by atoms with E-state index < -0.39 is 0 Å². The molecule has 2 rings (SSSR count). The van der Waals surface area contributed by atoms with Crippen LogP contribution in [-0.4, -0.2) is 63.2 Å². The number of nitrogens with one attached hydrogen (secondary N) is 1. The fourth-order valence-corrected chi connectivity index (χ4v) is 3.87. The molecule has 3 nitrogen and oxygen atoms in total. The predicted molar refractivity (Wildman–Crippen MR) is 82.5 cm³/mol. The van der Waals surface area contributed by atoms with Crippen LogP contribution in [0.15, 0.2) is 0 Å². The van der Waals surface area contributed by atoms with Gasteiger partial charge in [-0.1, -0.05) is 19.8 Å². The molecule has 2 aliphatic rings. The molecule has 0 radical (unpaired) electrons. The summed E-state index contributed by atoms with van der Waals surface area (Å²) in [7, 11) is 4.38. The van der Waals surface area contributed by atoms with Crippen LogP contribution < -0.4 is 5.32 Å². The van der Waals surface area contributed by atoms with E-state index in [1.807, 2.05) is 0 Å². The van der Waals surface area contributed by atoms with Gasteiger partial charge in [-0.25, -0.2) is 0 Å². The summed E-state index contributed by atoms with van der Waals surface area (Å²) in [5.41, 5.74) is 0.546. The largest absolute Gasteiger partial charge is 0.319 e. The standard InChI is InChI=1S/C16H33N3/c1-15-5-7-16(8-6-15,13-17-2)14-19-10-4-9-18(3)11-12-19/h15,17H,4-14H2,1-3H3. The van der Waals surface area contributed by atoms with Crippen LogP contribution in [0.1, 0.15) is 39.0 Å². The Morgan fingerprint density at radius 2 is 1.84 bits per heavy atom. The Bertz CT molecular complexity index is 259. The van der Waals surface area contributed by atoms with Crippen molar-refractivity contribution in [3.8, 4) is 0 Å². The van der Waals surface area contributed by atoms with Gasteiger partial charge in [-0.15, -0.1) is 0 Å². The first-order chi connectivity index (χ1) is 9.13. The molecule has 1 N–H and O–H groups in total. The Morgan fingerprint density at radius 1 is 1.11 bits per heavy atom. The molecule has 0 bridgehead atoms. The van der Waals surface area contributed by atoms with Crippen molar-refractivity contribution in [2.75, 3.05) is 53.4 Å². The van der Waals surface area contributed by atoms with Crippen LogP contribution in [0.5, 0.6) is 0 Å². The van der Waals surface area contributed by atoms with E-state index in [-0.39, 0.29) is 0 Å². The lowest BCUT2D eigenvalue weighted by atomic mass is 9.70. The second-order valence-corrected chi connectivity index (χ2v) is 7.15. The molecule has 0 atom stereocenters. The van der Waals surface area contributed by atoms with Crippen LogP contribution in [0.4, 0.5) is 0 Å². The van der Waals surface area contributed by atoms with Crippen molar-refractivity contribution >= 4 is 0 Å². The molecule has 0 unspecified atom stereocenters. The second kappa shape index (κ2) is 7.05. The van der Waals surface area contributed by atoms with E-state index in [1.165, 1.54) is 71.4 Å². The molecule has 3 heteroatoms. The normalized spacial score (nSPS) is 35.2. The zero-order valence-electron chi connectivity index (χ0n) is 13.2. The molecule has 1 saturated heterocycles. The molecule has 0 amide bonds. The highest BCUT2D eigenvalue weighted by atomic mass is 15.2. The van der Waals surface area contributed by atoms with Gasteiger partial charge in [0.15, 0.2) is 0 Å². The maximum absolute atomic E-state index is 3.47. The van der Waals surface area contributed by atoms with Gasteiger partial charge in [0.25, 0.3) is 0 Å². The topological polar surface area (TPSA) is 18.5 Å². The number of nitrogens with zero attached hydrogens (tertiary/aromatic N) is 2. The third-order valence-corrected chi connectivity index (χ3v) is 5.26. The Kier molecular flexibility index (Phi) is 5.67. The summed E-state index contributed by atoms with van der Waals surface area (Å²) in [5.74, 6) is 0.945. The van der Waals surface area contributed by atoms with Crippen LogP contribution in [0.3, 0.4) is 0 Å². The van der Waals surface area contributed by atoms with Gasteiger partial charge in [-0.3, -0.25) is 0 Å². The first-order valence-electron chi connectivity index (χ1n) is 8.19. The lowest BCUT2D eigenvalue weighted by Gasteiger charge is -2.42. The summed E-state index contributed by atoms with van der Waals surface area (Å²) < 4.78 is 0. The molecule has 1 heterocycles. The van der Waals surface area contributed by atoms with Crippen molar-refractivity contribution in [2.24, 2.45) is 11.3 Å². The SMILES string of the molecule is CNCC1(CN2CCCN(C)CC2)CCC(C)CC1. The molecule has 1 saturated carbocycles. The Morgan fingerprint density at radius 3 is 2.53 bits per heavy atom. The van der Waals surface area contributed by atoms with Gasteiger partial charge in [0.05, 0.1) is 0 Å². The molecule has 2 fully saturated rings. The highest BCUT2D eigenvalue weighted by molar-refractivity contribution is 4.89. The van der Waals surface area contributed by atoms with Crippen molar-refractivity contribution in [1.29, 1.82) is 0 Å². The van der Waals surface area contributed by atoms with E-state index in [9.17, 15) is 0 Å². The van der Waals surface area contributed by atoms with Crippen LogP contribution in [-0.2, 0) is 0 Å². The first-order valence-corrected chi connectivity index (χ1v) is 8.19. The number of hydrogen-bond donors (Lipinski definition) is 1. The summed E-state index contributed by atoms with van der Waals surface area (Å²) in [5, 5.41) is 3.47. The zero-order chi connectivity index (χ0) is 13.7. The summed E-state index contributed by atoms with van der Waals surface area (Å²) in [4.78, 5) is 5.21. The van der Waals surface area contributed by atoms with E-state index in [4.69, 9.17) is 0 Å². The van der Waals surface area contributed by atoms with E-state index in [0.717, 1.165) is 5.92 Å². The van der Waals surface area contributed by atoms with E-state index in [1.54, 1.807) is 0 Å².